The number of thiazole rings is 1. The molecule has 1 atom stereocenters. The van der Waals surface area contributed by atoms with Crippen LogP contribution < -0.4 is 5.32 Å². The van der Waals surface area contributed by atoms with E-state index in [1.165, 1.54) is 30.6 Å². The van der Waals surface area contributed by atoms with Crippen LogP contribution in [0.1, 0.15) is 61.9 Å². The summed E-state index contributed by atoms with van der Waals surface area (Å²) in [6, 6.07) is 0.352. The van der Waals surface area contributed by atoms with Crippen molar-refractivity contribution in [1.29, 1.82) is 0 Å². The third-order valence-corrected chi connectivity index (χ3v) is 6.57. The lowest BCUT2D eigenvalue weighted by Gasteiger charge is -2.37. The van der Waals surface area contributed by atoms with Gasteiger partial charge in [0, 0.05) is 36.9 Å². The lowest BCUT2D eigenvalue weighted by atomic mass is 9.93. The fourth-order valence-corrected chi connectivity index (χ4v) is 4.80. The number of likely N-dealkylation sites (tertiary alicyclic amines) is 1. The molecule has 1 N–H and O–H groups in total. The summed E-state index contributed by atoms with van der Waals surface area (Å²) < 4.78 is 0. The summed E-state index contributed by atoms with van der Waals surface area (Å²) in [4.78, 5) is 32.4. The predicted octanol–water partition coefficient (Wildman–Crippen LogP) is 3.07. The summed E-state index contributed by atoms with van der Waals surface area (Å²) in [7, 11) is 0. The molecule has 2 heterocycles. The van der Waals surface area contributed by atoms with E-state index in [9.17, 15) is 9.59 Å². The normalized spacial score (nSPS) is 22.7. The Morgan fingerprint density at radius 2 is 2.04 bits per heavy atom. The molecule has 0 spiro atoms. The number of carbonyl (C=O) groups is 2. The van der Waals surface area contributed by atoms with Crippen molar-refractivity contribution in [2.24, 2.45) is 5.92 Å². The van der Waals surface area contributed by atoms with Gasteiger partial charge in [-0.2, -0.15) is 0 Å². The molecule has 1 aliphatic heterocycles. The summed E-state index contributed by atoms with van der Waals surface area (Å²) in [6.07, 6.45) is 9.21. The van der Waals surface area contributed by atoms with E-state index in [4.69, 9.17) is 0 Å². The lowest BCUT2D eigenvalue weighted by Crippen LogP contribution is -2.50. The lowest BCUT2D eigenvalue weighted by molar-refractivity contribution is -0.141. The zero-order valence-electron chi connectivity index (χ0n) is 15.1. The Hall–Kier alpha value is -1.43. The van der Waals surface area contributed by atoms with Gasteiger partial charge in [-0.1, -0.05) is 25.7 Å². The van der Waals surface area contributed by atoms with Crippen molar-refractivity contribution in [3.63, 3.8) is 0 Å². The molecule has 0 unspecified atom stereocenters. The number of piperidine rings is 1. The smallest absolute Gasteiger partial charge is 0.224 e. The number of carbonyl (C=O) groups excluding carboxylic acids is 2. The number of aromatic nitrogens is 1. The highest BCUT2D eigenvalue weighted by molar-refractivity contribution is 7.09. The van der Waals surface area contributed by atoms with Crippen LogP contribution in [0.15, 0.2) is 5.51 Å². The zero-order chi connectivity index (χ0) is 17.6. The van der Waals surface area contributed by atoms with Crippen LogP contribution in [-0.2, 0) is 16.0 Å². The molecule has 138 valence electrons. The Morgan fingerprint density at radius 3 is 2.72 bits per heavy atom. The average molecular weight is 364 g/mol. The van der Waals surface area contributed by atoms with E-state index in [0.29, 0.717) is 32.0 Å². The van der Waals surface area contributed by atoms with Crippen molar-refractivity contribution < 1.29 is 9.59 Å². The third kappa shape index (κ3) is 4.81. The molecular formula is C19H29N3O2S. The van der Waals surface area contributed by atoms with Gasteiger partial charge in [0.15, 0.2) is 0 Å². The molecule has 0 aromatic carbocycles. The molecule has 2 fully saturated rings. The van der Waals surface area contributed by atoms with Gasteiger partial charge in [0.1, 0.15) is 0 Å². The minimum Gasteiger partial charge on any atom is -0.355 e. The highest BCUT2D eigenvalue weighted by Gasteiger charge is 2.34. The molecular weight excluding hydrogens is 334 g/mol. The molecule has 1 saturated carbocycles. The van der Waals surface area contributed by atoms with Gasteiger partial charge in [0.25, 0.3) is 0 Å². The average Bonchev–Trinajstić information content (AvgIpc) is 2.86. The Balaban J connectivity index is 1.50. The van der Waals surface area contributed by atoms with Crippen molar-refractivity contribution in [3.8, 4) is 0 Å². The standard InChI is InChI=1S/C19H29N3O2S/c1-14-17(25-13-21-14)10-11-20-19(24)15-8-9-18(23)22(12-15)16-6-4-2-3-5-7-16/h13,15-16H,2-12H2,1H3,(H,20,24)/t15-/m1/s1. The van der Waals surface area contributed by atoms with Gasteiger partial charge in [-0.05, 0) is 26.2 Å². The Kier molecular flexibility index (Phi) is 6.45. The van der Waals surface area contributed by atoms with Gasteiger partial charge >= 0.3 is 0 Å². The molecule has 5 nitrogen and oxygen atoms in total. The number of rotatable bonds is 5. The maximum absolute atomic E-state index is 12.6. The van der Waals surface area contributed by atoms with Crippen molar-refractivity contribution in [2.45, 2.75) is 70.8 Å². The number of aryl methyl sites for hydroxylation is 1. The zero-order valence-corrected chi connectivity index (χ0v) is 15.9. The van der Waals surface area contributed by atoms with E-state index >= 15 is 0 Å². The number of hydrogen-bond donors (Lipinski definition) is 1. The van der Waals surface area contributed by atoms with E-state index in [0.717, 1.165) is 25.0 Å². The fourth-order valence-electron chi connectivity index (χ4n) is 4.02. The summed E-state index contributed by atoms with van der Waals surface area (Å²) in [5.41, 5.74) is 2.91. The van der Waals surface area contributed by atoms with Crippen LogP contribution in [0.25, 0.3) is 0 Å². The van der Waals surface area contributed by atoms with Crippen molar-refractivity contribution >= 4 is 23.2 Å². The topological polar surface area (TPSA) is 62.3 Å². The van der Waals surface area contributed by atoms with E-state index in [1.54, 1.807) is 11.3 Å². The molecule has 3 rings (SSSR count). The molecule has 6 heteroatoms. The second kappa shape index (κ2) is 8.79. The highest BCUT2D eigenvalue weighted by Crippen LogP contribution is 2.27. The maximum Gasteiger partial charge on any atom is 0.224 e. The quantitative estimate of drug-likeness (QED) is 0.818. The second-order valence-corrected chi connectivity index (χ2v) is 8.27. The predicted molar refractivity (Wildman–Crippen MR) is 99.5 cm³/mol. The van der Waals surface area contributed by atoms with Gasteiger partial charge < -0.3 is 10.2 Å². The molecule has 2 amide bonds. The fraction of sp³-hybridized carbons (Fsp3) is 0.737. The number of nitrogens with zero attached hydrogens (tertiary/aromatic N) is 2. The molecule has 25 heavy (non-hydrogen) atoms. The summed E-state index contributed by atoms with van der Waals surface area (Å²) in [5.74, 6) is 0.299. The van der Waals surface area contributed by atoms with Crippen molar-refractivity contribution in [1.82, 2.24) is 15.2 Å². The molecule has 2 aliphatic rings. The van der Waals surface area contributed by atoms with Gasteiger partial charge in [-0.3, -0.25) is 9.59 Å². The summed E-state index contributed by atoms with van der Waals surface area (Å²) in [5, 5.41) is 3.07. The summed E-state index contributed by atoms with van der Waals surface area (Å²) in [6.45, 7) is 3.26. The van der Waals surface area contributed by atoms with Crippen molar-refractivity contribution in [3.05, 3.63) is 16.1 Å². The van der Waals surface area contributed by atoms with Crippen LogP contribution in [0.4, 0.5) is 0 Å². The van der Waals surface area contributed by atoms with Crippen LogP contribution in [0, 0.1) is 12.8 Å². The molecule has 0 bridgehead atoms. The Morgan fingerprint density at radius 1 is 1.28 bits per heavy atom. The van der Waals surface area contributed by atoms with E-state index in [-0.39, 0.29) is 17.7 Å². The third-order valence-electron chi connectivity index (χ3n) is 5.58. The summed E-state index contributed by atoms with van der Waals surface area (Å²) >= 11 is 1.64. The van der Waals surface area contributed by atoms with Crippen LogP contribution >= 0.6 is 11.3 Å². The molecule has 0 radical (unpaired) electrons. The van der Waals surface area contributed by atoms with Gasteiger partial charge in [0.2, 0.25) is 11.8 Å². The Bertz CT molecular complexity index is 593. The minimum absolute atomic E-state index is 0.0523. The van der Waals surface area contributed by atoms with Crippen molar-refractivity contribution in [2.75, 3.05) is 13.1 Å². The first kappa shape index (κ1) is 18.4. The van der Waals surface area contributed by atoms with Crippen LogP contribution in [-0.4, -0.2) is 40.8 Å². The number of amides is 2. The number of nitrogens with one attached hydrogen (secondary N) is 1. The first-order chi connectivity index (χ1) is 12.1. The van der Waals surface area contributed by atoms with E-state index < -0.39 is 0 Å². The van der Waals surface area contributed by atoms with Crippen LogP contribution in [0.5, 0.6) is 0 Å². The van der Waals surface area contributed by atoms with Gasteiger partial charge in [-0.25, -0.2) is 4.98 Å². The van der Waals surface area contributed by atoms with Gasteiger partial charge in [-0.15, -0.1) is 11.3 Å². The monoisotopic (exact) mass is 363 g/mol. The second-order valence-electron chi connectivity index (χ2n) is 7.33. The molecule has 1 saturated heterocycles. The first-order valence-corrected chi connectivity index (χ1v) is 10.5. The largest absolute Gasteiger partial charge is 0.355 e. The number of hydrogen-bond acceptors (Lipinski definition) is 4. The van der Waals surface area contributed by atoms with Crippen LogP contribution in [0.3, 0.4) is 0 Å². The SMILES string of the molecule is Cc1ncsc1CCNC(=O)[C@@H]1CCC(=O)N(C2CCCCCC2)C1. The first-order valence-electron chi connectivity index (χ1n) is 9.61. The van der Waals surface area contributed by atoms with Gasteiger partial charge in [0.05, 0.1) is 17.1 Å². The van der Waals surface area contributed by atoms with Crippen LogP contribution in [0.2, 0.25) is 0 Å². The maximum atomic E-state index is 12.6. The van der Waals surface area contributed by atoms with E-state index in [1.807, 2.05) is 17.3 Å². The molecule has 1 aromatic heterocycles. The highest BCUT2D eigenvalue weighted by atomic mass is 32.1. The minimum atomic E-state index is -0.0523. The molecule has 1 aliphatic carbocycles. The Labute approximate surface area is 154 Å². The van der Waals surface area contributed by atoms with E-state index in [2.05, 4.69) is 10.3 Å². The molecule has 1 aromatic rings.